The van der Waals surface area contributed by atoms with E-state index in [0.29, 0.717) is 12.0 Å². The van der Waals surface area contributed by atoms with Gasteiger partial charge < -0.3 is 10.5 Å². The Morgan fingerprint density at radius 2 is 1.90 bits per heavy atom. The topological polar surface area (TPSA) is 38.5 Å². The van der Waals surface area contributed by atoms with Gasteiger partial charge in [-0.15, -0.1) is 0 Å². The summed E-state index contributed by atoms with van der Waals surface area (Å²) in [4.78, 5) is 2.40. The molecule has 0 heterocycles. The van der Waals surface area contributed by atoms with E-state index in [1.54, 1.807) is 7.11 Å². The van der Waals surface area contributed by atoms with Crippen LogP contribution in [-0.2, 0) is 0 Å². The molecule has 0 aliphatic carbocycles. The highest BCUT2D eigenvalue weighted by Gasteiger charge is 2.27. The van der Waals surface area contributed by atoms with E-state index in [4.69, 9.17) is 10.5 Å². The fourth-order valence-corrected chi connectivity index (χ4v) is 2.56. The monoisotopic (exact) mass is 278 g/mol. The predicted octanol–water partition coefficient (Wildman–Crippen LogP) is 3.45. The van der Waals surface area contributed by atoms with Crippen molar-refractivity contribution in [2.24, 2.45) is 11.7 Å². The number of rotatable bonds is 7. The van der Waals surface area contributed by atoms with Crippen LogP contribution >= 0.6 is 0 Å². The summed E-state index contributed by atoms with van der Waals surface area (Å²) in [6.45, 7) is 8.91. The molecule has 0 spiro atoms. The lowest BCUT2D eigenvalue weighted by Gasteiger charge is -2.38. The van der Waals surface area contributed by atoms with Gasteiger partial charge in [0.25, 0.3) is 0 Å². The van der Waals surface area contributed by atoms with Gasteiger partial charge in [-0.25, -0.2) is 0 Å². The van der Waals surface area contributed by atoms with E-state index < -0.39 is 0 Å². The van der Waals surface area contributed by atoms with E-state index in [2.05, 4.69) is 51.8 Å². The van der Waals surface area contributed by atoms with Gasteiger partial charge in [0.2, 0.25) is 0 Å². The smallest absolute Gasteiger partial charge is 0.119 e. The van der Waals surface area contributed by atoms with Gasteiger partial charge in [0.15, 0.2) is 0 Å². The van der Waals surface area contributed by atoms with Crippen LogP contribution in [0.25, 0.3) is 0 Å². The molecule has 0 aliphatic heterocycles. The molecule has 0 fully saturated rings. The van der Waals surface area contributed by atoms with Gasteiger partial charge in [-0.2, -0.15) is 0 Å². The van der Waals surface area contributed by atoms with Crippen LogP contribution in [0.2, 0.25) is 0 Å². The van der Waals surface area contributed by atoms with Gasteiger partial charge in [0.05, 0.1) is 7.11 Å². The zero-order valence-corrected chi connectivity index (χ0v) is 13.8. The van der Waals surface area contributed by atoms with Crippen molar-refractivity contribution >= 4 is 0 Å². The first kappa shape index (κ1) is 17.0. The molecule has 3 atom stereocenters. The Morgan fingerprint density at radius 1 is 1.25 bits per heavy atom. The molecular formula is C17H30N2O. The van der Waals surface area contributed by atoms with Crippen molar-refractivity contribution in [3.63, 3.8) is 0 Å². The van der Waals surface area contributed by atoms with E-state index in [1.165, 1.54) is 5.56 Å². The molecule has 0 saturated heterocycles. The van der Waals surface area contributed by atoms with Gasteiger partial charge in [-0.3, -0.25) is 4.90 Å². The summed E-state index contributed by atoms with van der Waals surface area (Å²) in [5, 5.41) is 0. The zero-order valence-electron chi connectivity index (χ0n) is 13.8. The zero-order chi connectivity index (χ0) is 15.3. The highest BCUT2D eigenvalue weighted by Crippen LogP contribution is 2.29. The van der Waals surface area contributed by atoms with Crippen LogP contribution in [0.15, 0.2) is 24.3 Å². The summed E-state index contributed by atoms with van der Waals surface area (Å²) in [5.41, 5.74) is 7.63. The molecule has 0 aromatic heterocycles. The third kappa shape index (κ3) is 3.97. The molecule has 114 valence electrons. The van der Waals surface area contributed by atoms with E-state index in [1.807, 2.05) is 12.1 Å². The van der Waals surface area contributed by atoms with E-state index in [0.717, 1.165) is 12.2 Å². The Labute approximate surface area is 124 Å². The summed E-state index contributed by atoms with van der Waals surface area (Å²) in [7, 11) is 3.87. The second kappa shape index (κ2) is 7.65. The lowest BCUT2D eigenvalue weighted by Crippen LogP contribution is -2.44. The first-order valence-corrected chi connectivity index (χ1v) is 7.53. The molecule has 0 saturated carbocycles. The third-order valence-electron chi connectivity index (χ3n) is 4.36. The molecule has 2 N–H and O–H groups in total. The Morgan fingerprint density at radius 3 is 2.40 bits per heavy atom. The van der Waals surface area contributed by atoms with Crippen molar-refractivity contribution in [1.82, 2.24) is 4.90 Å². The normalized spacial score (nSPS) is 16.2. The molecule has 0 radical (unpaired) electrons. The van der Waals surface area contributed by atoms with Gasteiger partial charge >= 0.3 is 0 Å². The maximum Gasteiger partial charge on any atom is 0.119 e. The summed E-state index contributed by atoms with van der Waals surface area (Å²) in [6, 6.07) is 9.07. The summed E-state index contributed by atoms with van der Waals surface area (Å²) < 4.78 is 5.35. The first-order valence-electron chi connectivity index (χ1n) is 7.53. The Balaban J connectivity index is 3.11. The number of benzene rings is 1. The fraction of sp³-hybridized carbons (Fsp3) is 0.647. The maximum atomic E-state index is 6.40. The molecule has 3 nitrogen and oxygen atoms in total. The molecule has 1 aromatic rings. The van der Waals surface area contributed by atoms with Crippen molar-refractivity contribution in [1.29, 1.82) is 0 Å². The lowest BCUT2D eigenvalue weighted by molar-refractivity contribution is 0.127. The summed E-state index contributed by atoms with van der Waals surface area (Å²) in [5.74, 6) is 1.48. The number of ether oxygens (including phenoxy) is 1. The van der Waals surface area contributed by atoms with Crippen LogP contribution < -0.4 is 10.5 Å². The Hall–Kier alpha value is -1.06. The quantitative estimate of drug-likeness (QED) is 0.830. The predicted molar refractivity (Wildman–Crippen MR) is 86.1 cm³/mol. The fourth-order valence-electron chi connectivity index (χ4n) is 2.56. The average Bonchev–Trinajstić information content (AvgIpc) is 2.46. The minimum atomic E-state index is 0.119. The summed E-state index contributed by atoms with van der Waals surface area (Å²) in [6.07, 6.45) is 0.955. The highest BCUT2D eigenvalue weighted by molar-refractivity contribution is 5.31. The molecule has 1 rings (SSSR count). The van der Waals surface area contributed by atoms with Gasteiger partial charge in [0.1, 0.15) is 5.75 Å². The molecule has 3 heteroatoms. The highest BCUT2D eigenvalue weighted by atomic mass is 16.5. The third-order valence-corrected chi connectivity index (χ3v) is 4.36. The molecule has 0 amide bonds. The van der Waals surface area contributed by atoms with Gasteiger partial charge in [-0.1, -0.05) is 32.9 Å². The molecule has 0 aliphatic rings. The van der Waals surface area contributed by atoms with E-state index in [-0.39, 0.29) is 12.1 Å². The largest absolute Gasteiger partial charge is 0.497 e. The number of nitrogens with two attached hydrogens (primary N) is 1. The molecule has 0 bridgehead atoms. The van der Waals surface area contributed by atoms with Crippen LogP contribution in [0.4, 0.5) is 0 Å². The van der Waals surface area contributed by atoms with E-state index >= 15 is 0 Å². The number of hydrogen-bond acceptors (Lipinski definition) is 3. The Bertz CT molecular complexity index is 406. The molecule has 1 aromatic carbocycles. The number of likely N-dealkylation sites (N-methyl/N-ethyl adjacent to an activating group) is 1. The van der Waals surface area contributed by atoms with Crippen molar-refractivity contribution in [2.75, 3.05) is 14.2 Å². The number of hydrogen-bond donors (Lipinski definition) is 1. The first-order chi connectivity index (χ1) is 9.42. The van der Waals surface area contributed by atoms with Crippen LogP contribution in [0.1, 0.15) is 45.7 Å². The van der Waals surface area contributed by atoms with Gasteiger partial charge in [0, 0.05) is 18.1 Å². The van der Waals surface area contributed by atoms with Crippen LogP contribution in [-0.4, -0.2) is 31.1 Å². The van der Waals surface area contributed by atoms with E-state index in [9.17, 15) is 0 Å². The maximum absolute atomic E-state index is 6.40. The molecular weight excluding hydrogens is 248 g/mol. The standard InChI is InChI=1S/C17H30N2O/c1-7-16(18)17(19(5)13(4)12(2)3)14-9-8-10-15(11-14)20-6/h8-13,16-17H,7,18H2,1-6H3. The van der Waals surface area contributed by atoms with Crippen LogP contribution in [0, 0.1) is 5.92 Å². The lowest BCUT2D eigenvalue weighted by atomic mass is 9.93. The van der Waals surface area contributed by atoms with Crippen molar-refractivity contribution in [3.05, 3.63) is 29.8 Å². The van der Waals surface area contributed by atoms with Crippen molar-refractivity contribution < 1.29 is 4.74 Å². The molecule has 3 unspecified atom stereocenters. The number of nitrogens with zero attached hydrogens (tertiary/aromatic N) is 1. The number of methoxy groups -OCH3 is 1. The second-order valence-corrected chi connectivity index (χ2v) is 5.94. The SMILES string of the molecule is CCC(N)C(c1cccc(OC)c1)N(C)C(C)C(C)C. The molecule has 20 heavy (non-hydrogen) atoms. The Kier molecular flexibility index (Phi) is 6.50. The second-order valence-electron chi connectivity index (χ2n) is 5.94. The minimum Gasteiger partial charge on any atom is -0.497 e. The van der Waals surface area contributed by atoms with Gasteiger partial charge in [-0.05, 0) is 44.0 Å². The average molecular weight is 278 g/mol. The van der Waals surface area contributed by atoms with Crippen LogP contribution in [0.5, 0.6) is 5.75 Å². The minimum absolute atomic E-state index is 0.119. The summed E-state index contributed by atoms with van der Waals surface area (Å²) >= 11 is 0. The van der Waals surface area contributed by atoms with Crippen molar-refractivity contribution in [3.8, 4) is 5.75 Å². The van der Waals surface area contributed by atoms with Crippen LogP contribution in [0.3, 0.4) is 0 Å². The van der Waals surface area contributed by atoms with Crippen molar-refractivity contribution in [2.45, 2.75) is 52.2 Å².